The molecule has 1 fully saturated rings. The maximum atomic E-state index is 12.5. The van der Waals surface area contributed by atoms with Crippen molar-refractivity contribution in [3.05, 3.63) is 35.9 Å². The van der Waals surface area contributed by atoms with Gasteiger partial charge in [0.1, 0.15) is 12.1 Å². The summed E-state index contributed by atoms with van der Waals surface area (Å²) in [4.78, 5) is 26.3. The molecule has 1 saturated heterocycles. The lowest BCUT2D eigenvalue weighted by molar-refractivity contribution is -0.128. The summed E-state index contributed by atoms with van der Waals surface area (Å²) in [5.74, 6) is -0.431. The normalized spacial score (nSPS) is 16.3. The van der Waals surface area contributed by atoms with Crippen LogP contribution in [0.5, 0.6) is 0 Å². The number of halogens is 1. The third kappa shape index (κ3) is 6.97. The number of amides is 2. The van der Waals surface area contributed by atoms with Crippen LogP contribution in [0.3, 0.4) is 0 Å². The third-order valence-electron chi connectivity index (χ3n) is 4.89. The first-order chi connectivity index (χ1) is 13.8. The molecule has 0 spiro atoms. The molecule has 0 saturated carbocycles. The van der Waals surface area contributed by atoms with Crippen LogP contribution in [0.1, 0.15) is 31.2 Å². The molecule has 0 atom stereocenters. The van der Waals surface area contributed by atoms with Crippen molar-refractivity contribution in [1.29, 1.82) is 0 Å². The SMILES string of the molecule is CNC(=O)C1(NS(=O)(=O)CCCCBr)CCN(C(=O)OCc2ccccc2)CC1. The van der Waals surface area contributed by atoms with Gasteiger partial charge in [-0.2, -0.15) is 4.72 Å². The van der Waals surface area contributed by atoms with Gasteiger partial charge in [0.25, 0.3) is 0 Å². The van der Waals surface area contributed by atoms with Crippen LogP contribution in [-0.4, -0.2) is 62.1 Å². The van der Waals surface area contributed by atoms with E-state index in [9.17, 15) is 18.0 Å². The van der Waals surface area contributed by atoms with Crippen LogP contribution >= 0.6 is 15.9 Å². The van der Waals surface area contributed by atoms with E-state index in [-0.39, 0.29) is 44.2 Å². The fourth-order valence-corrected chi connectivity index (χ4v) is 5.21. The Morgan fingerprint density at radius 1 is 1.17 bits per heavy atom. The molecule has 1 aromatic carbocycles. The number of sulfonamides is 1. The highest BCUT2D eigenvalue weighted by atomic mass is 79.9. The Kier molecular flexibility index (Phi) is 8.91. The van der Waals surface area contributed by atoms with E-state index in [1.165, 1.54) is 11.9 Å². The van der Waals surface area contributed by atoms with Crippen molar-refractivity contribution >= 4 is 38.0 Å². The van der Waals surface area contributed by atoms with Gasteiger partial charge in [-0.3, -0.25) is 4.79 Å². The van der Waals surface area contributed by atoms with Crippen molar-refractivity contribution in [2.24, 2.45) is 0 Å². The second kappa shape index (κ2) is 10.9. The zero-order valence-corrected chi connectivity index (χ0v) is 18.9. The molecule has 29 heavy (non-hydrogen) atoms. The molecule has 0 unspecified atom stereocenters. The Morgan fingerprint density at radius 3 is 2.41 bits per heavy atom. The molecule has 0 radical (unpaired) electrons. The van der Waals surface area contributed by atoms with Crippen LogP contribution in [0.25, 0.3) is 0 Å². The number of likely N-dealkylation sites (N-methyl/N-ethyl adjacent to an activating group) is 1. The minimum Gasteiger partial charge on any atom is -0.445 e. The first-order valence-electron chi connectivity index (χ1n) is 9.57. The highest BCUT2D eigenvalue weighted by Crippen LogP contribution is 2.25. The Labute approximate surface area is 180 Å². The molecule has 10 heteroatoms. The Balaban J connectivity index is 1.96. The minimum atomic E-state index is -3.62. The monoisotopic (exact) mass is 489 g/mol. The number of carbonyl (C=O) groups is 2. The van der Waals surface area contributed by atoms with Gasteiger partial charge in [-0.25, -0.2) is 13.2 Å². The van der Waals surface area contributed by atoms with E-state index in [1.807, 2.05) is 30.3 Å². The van der Waals surface area contributed by atoms with Crippen LogP contribution in [0.4, 0.5) is 4.79 Å². The molecule has 0 aliphatic carbocycles. The minimum absolute atomic E-state index is 0.0415. The highest BCUT2D eigenvalue weighted by Gasteiger charge is 2.44. The molecule has 2 N–H and O–H groups in total. The van der Waals surface area contributed by atoms with Crippen LogP contribution in [0.15, 0.2) is 30.3 Å². The van der Waals surface area contributed by atoms with Gasteiger partial charge in [0.05, 0.1) is 5.75 Å². The average molecular weight is 490 g/mol. The van der Waals surface area contributed by atoms with Gasteiger partial charge in [-0.05, 0) is 31.2 Å². The highest BCUT2D eigenvalue weighted by molar-refractivity contribution is 9.09. The number of benzene rings is 1. The number of carbonyl (C=O) groups excluding carboxylic acids is 2. The number of likely N-dealkylation sites (tertiary alicyclic amines) is 1. The summed E-state index contributed by atoms with van der Waals surface area (Å²) in [6.07, 6.45) is 1.13. The third-order valence-corrected chi connectivity index (χ3v) is 6.98. The number of unbranched alkanes of at least 4 members (excludes halogenated alkanes) is 1. The van der Waals surface area contributed by atoms with Gasteiger partial charge in [0.2, 0.25) is 15.9 Å². The summed E-state index contributed by atoms with van der Waals surface area (Å²) in [7, 11) is -2.14. The summed E-state index contributed by atoms with van der Waals surface area (Å²) in [5, 5.41) is 3.27. The van der Waals surface area contributed by atoms with Gasteiger partial charge in [0.15, 0.2) is 0 Å². The molecule has 1 aliphatic heterocycles. The maximum absolute atomic E-state index is 12.5. The molecular formula is C19H28BrN3O5S. The molecule has 1 heterocycles. The zero-order chi connectivity index (χ0) is 21.3. The van der Waals surface area contributed by atoms with Crippen LogP contribution in [-0.2, 0) is 26.2 Å². The number of hydrogen-bond donors (Lipinski definition) is 2. The molecule has 1 aromatic rings. The summed E-state index contributed by atoms with van der Waals surface area (Å²) < 4.78 is 32.9. The molecular weight excluding hydrogens is 462 g/mol. The van der Waals surface area contributed by atoms with Crippen molar-refractivity contribution in [2.75, 3.05) is 31.2 Å². The van der Waals surface area contributed by atoms with Crippen molar-refractivity contribution < 1.29 is 22.7 Å². The van der Waals surface area contributed by atoms with E-state index in [4.69, 9.17) is 4.74 Å². The van der Waals surface area contributed by atoms with E-state index in [1.54, 1.807) is 0 Å². The molecule has 8 nitrogen and oxygen atoms in total. The first-order valence-corrected chi connectivity index (χ1v) is 12.3. The van der Waals surface area contributed by atoms with Gasteiger partial charge < -0.3 is 15.0 Å². The van der Waals surface area contributed by atoms with Crippen LogP contribution in [0.2, 0.25) is 0 Å². The fraction of sp³-hybridized carbons (Fsp3) is 0.579. The molecule has 0 bridgehead atoms. The van der Waals surface area contributed by atoms with Gasteiger partial charge >= 0.3 is 6.09 Å². The maximum Gasteiger partial charge on any atom is 0.410 e. The summed E-state index contributed by atoms with van der Waals surface area (Å²) in [5.41, 5.74) is -0.369. The quantitative estimate of drug-likeness (QED) is 0.407. The number of piperidine rings is 1. The van der Waals surface area contributed by atoms with Gasteiger partial charge in [-0.1, -0.05) is 46.3 Å². The number of nitrogens with zero attached hydrogens (tertiary/aromatic N) is 1. The zero-order valence-electron chi connectivity index (χ0n) is 16.5. The molecule has 2 amide bonds. The fourth-order valence-electron chi connectivity index (χ4n) is 3.23. The van der Waals surface area contributed by atoms with E-state index < -0.39 is 21.7 Å². The second-order valence-corrected chi connectivity index (χ2v) is 9.64. The number of alkyl halides is 1. The lowest BCUT2D eigenvalue weighted by Crippen LogP contribution is -2.63. The standard InChI is InChI=1S/C19H28BrN3O5S/c1-21-17(24)19(22-29(26,27)14-6-5-11-20)9-12-23(13-10-19)18(25)28-15-16-7-3-2-4-8-16/h2-4,7-8,22H,5-6,9-15H2,1H3,(H,21,24). The molecule has 2 rings (SSSR count). The van der Waals surface area contributed by atoms with Gasteiger partial charge in [-0.15, -0.1) is 0 Å². The summed E-state index contributed by atoms with van der Waals surface area (Å²) in [6.45, 7) is 0.618. The number of ether oxygens (including phenoxy) is 1. The van der Waals surface area contributed by atoms with E-state index in [2.05, 4.69) is 26.0 Å². The average Bonchev–Trinajstić information content (AvgIpc) is 2.72. The smallest absolute Gasteiger partial charge is 0.410 e. The topological polar surface area (TPSA) is 105 Å². The van der Waals surface area contributed by atoms with Crippen LogP contribution < -0.4 is 10.0 Å². The van der Waals surface area contributed by atoms with E-state index >= 15 is 0 Å². The largest absolute Gasteiger partial charge is 0.445 e. The predicted molar refractivity (Wildman–Crippen MR) is 114 cm³/mol. The molecule has 0 aromatic heterocycles. The van der Waals surface area contributed by atoms with E-state index in [0.717, 1.165) is 17.3 Å². The second-order valence-electron chi connectivity index (χ2n) is 7.01. The van der Waals surface area contributed by atoms with Crippen molar-refractivity contribution in [2.45, 2.75) is 37.8 Å². The number of nitrogens with one attached hydrogen (secondary N) is 2. The summed E-state index contributed by atoms with van der Waals surface area (Å²) in [6, 6.07) is 9.35. The lowest BCUT2D eigenvalue weighted by atomic mass is 9.88. The molecule has 162 valence electrons. The number of rotatable bonds is 9. The molecule has 1 aliphatic rings. The van der Waals surface area contributed by atoms with Gasteiger partial charge in [0, 0.05) is 25.5 Å². The van der Waals surface area contributed by atoms with Crippen LogP contribution in [0, 0.1) is 0 Å². The van der Waals surface area contributed by atoms with E-state index in [0.29, 0.717) is 6.42 Å². The lowest BCUT2D eigenvalue weighted by Gasteiger charge is -2.40. The Bertz CT molecular complexity index is 780. The Morgan fingerprint density at radius 2 is 1.83 bits per heavy atom. The Hall–Kier alpha value is -1.65. The first kappa shape index (κ1) is 23.6. The number of hydrogen-bond acceptors (Lipinski definition) is 5. The van der Waals surface area contributed by atoms with Crippen molar-refractivity contribution in [3.63, 3.8) is 0 Å². The predicted octanol–water partition coefficient (Wildman–Crippen LogP) is 2.00. The van der Waals surface area contributed by atoms with Crippen molar-refractivity contribution in [1.82, 2.24) is 14.9 Å². The summed E-state index contributed by atoms with van der Waals surface area (Å²) >= 11 is 3.28. The van der Waals surface area contributed by atoms with Crippen molar-refractivity contribution in [3.8, 4) is 0 Å².